The largest absolute Gasteiger partial charge is 0.481 e. The standard InChI is InChI=1S/C13H16N2O5S2/c1-2-10-13(18)15-9-7-8(3-4-11(9)21-10)22(19,20)14-6-5-12(16)17/h3-4,7,10,14H,2,5-6H2,1H3,(H,15,18)(H,16,17). The van der Waals surface area contributed by atoms with Gasteiger partial charge in [-0.05, 0) is 24.6 Å². The third kappa shape index (κ3) is 3.79. The maximum atomic E-state index is 12.1. The van der Waals surface area contributed by atoms with E-state index in [1.54, 1.807) is 6.07 Å². The number of fused-ring (bicyclic) bond motifs is 1. The maximum absolute atomic E-state index is 12.1. The number of hydrogen-bond acceptors (Lipinski definition) is 5. The first-order valence-corrected chi connectivity index (χ1v) is 9.03. The Morgan fingerprint density at radius 3 is 2.82 bits per heavy atom. The first-order valence-electron chi connectivity index (χ1n) is 6.66. The van der Waals surface area contributed by atoms with Gasteiger partial charge in [0.15, 0.2) is 0 Å². The highest BCUT2D eigenvalue weighted by Gasteiger charge is 2.26. The lowest BCUT2D eigenvalue weighted by Crippen LogP contribution is -2.29. The molecule has 0 aliphatic carbocycles. The van der Waals surface area contributed by atoms with Crippen LogP contribution in [-0.2, 0) is 19.6 Å². The van der Waals surface area contributed by atoms with Crippen LogP contribution in [-0.4, -0.2) is 37.2 Å². The number of nitrogens with one attached hydrogen (secondary N) is 2. The van der Waals surface area contributed by atoms with Crippen LogP contribution >= 0.6 is 11.8 Å². The molecule has 0 bridgehead atoms. The van der Waals surface area contributed by atoms with Crippen LogP contribution in [0.3, 0.4) is 0 Å². The van der Waals surface area contributed by atoms with E-state index in [9.17, 15) is 18.0 Å². The maximum Gasteiger partial charge on any atom is 0.304 e. The summed E-state index contributed by atoms with van der Waals surface area (Å²) in [6, 6.07) is 4.47. The number of amides is 1. The fourth-order valence-corrected chi connectivity index (χ4v) is 4.02. The molecule has 1 aromatic rings. The van der Waals surface area contributed by atoms with Crippen LogP contribution in [0, 0.1) is 0 Å². The molecule has 1 heterocycles. The second-order valence-electron chi connectivity index (χ2n) is 4.70. The molecule has 1 amide bonds. The van der Waals surface area contributed by atoms with Crippen molar-refractivity contribution < 1.29 is 23.1 Å². The van der Waals surface area contributed by atoms with Crippen LogP contribution in [0.1, 0.15) is 19.8 Å². The van der Waals surface area contributed by atoms with E-state index in [2.05, 4.69) is 10.0 Å². The summed E-state index contributed by atoms with van der Waals surface area (Å²) in [4.78, 5) is 23.1. The summed E-state index contributed by atoms with van der Waals surface area (Å²) >= 11 is 1.40. The minimum atomic E-state index is -3.80. The van der Waals surface area contributed by atoms with E-state index in [4.69, 9.17) is 5.11 Å². The molecule has 0 saturated carbocycles. The van der Waals surface area contributed by atoms with Crippen molar-refractivity contribution in [3.05, 3.63) is 18.2 Å². The molecule has 0 radical (unpaired) electrons. The lowest BCUT2D eigenvalue weighted by Gasteiger charge is -2.23. The molecule has 7 nitrogen and oxygen atoms in total. The Morgan fingerprint density at radius 1 is 1.45 bits per heavy atom. The summed E-state index contributed by atoms with van der Waals surface area (Å²) in [6.07, 6.45) is 0.391. The molecule has 0 saturated heterocycles. The summed E-state index contributed by atoms with van der Waals surface area (Å²) in [5, 5.41) is 11.1. The zero-order valence-corrected chi connectivity index (χ0v) is 13.5. The number of hydrogen-bond donors (Lipinski definition) is 3. The first-order chi connectivity index (χ1) is 10.3. The van der Waals surface area contributed by atoms with Crippen LogP contribution in [0.15, 0.2) is 28.0 Å². The van der Waals surface area contributed by atoms with Crippen LogP contribution in [0.4, 0.5) is 5.69 Å². The van der Waals surface area contributed by atoms with Gasteiger partial charge in [-0.2, -0.15) is 0 Å². The van der Waals surface area contributed by atoms with Gasteiger partial charge in [0, 0.05) is 11.4 Å². The van der Waals surface area contributed by atoms with Gasteiger partial charge in [-0.3, -0.25) is 9.59 Å². The highest BCUT2D eigenvalue weighted by molar-refractivity contribution is 8.01. The number of benzene rings is 1. The Kier molecular flexibility index (Phi) is 5.09. The minimum Gasteiger partial charge on any atom is -0.481 e. The van der Waals surface area contributed by atoms with Gasteiger partial charge >= 0.3 is 5.97 Å². The Balaban J connectivity index is 2.19. The third-order valence-electron chi connectivity index (χ3n) is 3.08. The predicted molar refractivity (Wildman–Crippen MR) is 82.4 cm³/mol. The van der Waals surface area contributed by atoms with E-state index >= 15 is 0 Å². The number of anilines is 1. The number of sulfonamides is 1. The number of carbonyl (C=O) groups excluding carboxylic acids is 1. The van der Waals surface area contributed by atoms with Crippen molar-refractivity contribution in [2.75, 3.05) is 11.9 Å². The lowest BCUT2D eigenvalue weighted by atomic mass is 10.2. The molecule has 2 rings (SSSR count). The number of carboxylic acid groups (broad SMARTS) is 1. The second-order valence-corrected chi connectivity index (χ2v) is 7.71. The average molecular weight is 344 g/mol. The first kappa shape index (κ1) is 16.8. The van der Waals surface area contributed by atoms with Crippen molar-refractivity contribution in [2.45, 2.75) is 34.8 Å². The van der Waals surface area contributed by atoms with Gasteiger partial charge < -0.3 is 10.4 Å². The van der Waals surface area contributed by atoms with E-state index in [1.165, 1.54) is 23.9 Å². The van der Waals surface area contributed by atoms with Gasteiger partial charge in [0.05, 0.1) is 22.3 Å². The van der Waals surface area contributed by atoms with E-state index in [-0.39, 0.29) is 29.0 Å². The third-order valence-corrected chi connectivity index (χ3v) is 5.98. The topological polar surface area (TPSA) is 113 Å². The van der Waals surface area contributed by atoms with Crippen LogP contribution in [0.25, 0.3) is 0 Å². The van der Waals surface area contributed by atoms with Crippen LogP contribution in [0.5, 0.6) is 0 Å². The number of thioether (sulfide) groups is 1. The quantitative estimate of drug-likeness (QED) is 0.716. The molecule has 120 valence electrons. The summed E-state index contributed by atoms with van der Waals surface area (Å²) in [7, 11) is -3.80. The van der Waals surface area contributed by atoms with Gasteiger partial charge in [0.1, 0.15) is 0 Å². The number of aliphatic carboxylic acids is 1. The van der Waals surface area contributed by atoms with E-state index in [1.807, 2.05) is 6.92 Å². The van der Waals surface area contributed by atoms with Gasteiger partial charge in [-0.25, -0.2) is 13.1 Å². The smallest absolute Gasteiger partial charge is 0.304 e. The molecule has 1 atom stereocenters. The Morgan fingerprint density at radius 2 is 2.18 bits per heavy atom. The van der Waals surface area contributed by atoms with Crippen molar-refractivity contribution in [1.29, 1.82) is 0 Å². The van der Waals surface area contributed by atoms with Gasteiger partial charge in [0.25, 0.3) is 0 Å². The Labute approximate surface area is 132 Å². The highest BCUT2D eigenvalue weighted by atomic mass is 32.2. The zero-order valence-electron chi connectivity index (χ0n) is 11.8. The molecule has 1 aliphatic heterocycles. The van der Waals surface area contributed by atoms with E-state index in [0.717, 1.165) is 4.90 Å². The second kappa shape index (κ2) is 6.67. The predicted octanol–water partition coefficient (Wildman–Crippen LogP) is 1.26. The summed E-state index contributed by atoms with van der Waals surface area (Å²) < 4.78 is 26.4. The average Bonchev–Trinajstić information content (AvgIpc) is 2.45. The molecule has 0 spiro atoms. The molecule has 9 heteroatoms. The van der Waals surface area contributed by atoms with E-state index < -0.39 is 16.0 Å². The van der Waals surface area contributed by atoms with Crippen molar-refractivity contribution in [2.24, 2.45) is 0 Å². The van der Waals surface area contributed by atoms with Crippen LogP contribution < -0.4 is 10.0 Å². The van der Waals surface area contributed by atoms with Gasteiger partial charge in [-0.1, -0.05) is 6.92 Å². The molecule has 1 aromatic carbocycles. The summed E-state index contributed by atoms with van der Waals surface area (Å²) in [5.74, 6) is -1.23. The summed E-state index contributed by atoms with van der Waals surface area (Å²) in [5.41, 5.74) is 0.459. The minimum absolute atomic E-state index is 0.00696. The normalized spacial score (nSPS) is 17.7. The van der Waals surface area contributed by atoms with Crippen molar-refractivity contribution in [3.63, 3.8) is 0 Å². The molecule has 0 fully saturated rings. The van der Waals surface area contributed by atoms with Gasteiger partial charge in [0.2, 0.25) is 15.9 Å². The van der Waals surface area contributed by atoms with Crippen LogP contribution in [0.2, 0.25) is 0 Å². The number of carbonyl (C=O) groups is 2. The van der Waals surface area contributed by atoms with E-state index in [0.29, 0.717) is 12.1 Å². The van der Waals surface area contributed by atoms with Crippen molar-refractivity contribution in [1.82, 2.24) is 4.72 Å². The number of rotatable bonds is 6. The van der Waals surface area contributed by atoms with Crippen molar-refractivity contribution >= 4 is 39.3 Å². The fraction of sp³-hybridized carbons (Fsp3) is 0.385. The van der Waals surface area contributed by atoms with Gasteiger partial charge in [-0.15, -0.1) is 11.8 Å². The summed E-state index contributed by atoms with van der Waals surface area (Å²) in [6.45, 7) is 1.72. The SMILES string of the molecule is CCC1Sc2ccc(S(=O)(=O)NCCC(=O)O)cc2NC1=O. The number of carboxylic acids is 1. The molecule has 0 aromatic heterocycles. The Hall–Kier alpha value is -1.58. The van der Waals surface area contributed by atoms with Crippen molar-refractivity contribution in [3.8, 4) is 0 Å². The monoisotopic (exact) mass is 344 g/mol. The Bertz CT molecular complexity index is 702. The zero-order chi connectivity index (χ0) is 16.3. The molecule has 1 unspecified atom stereocenters. The molecular weight excluding hydrogens is 328 g/mol. The lowest BCUT2D eigenvalue weighted by molar-refractivity contribution is -0.136. The molecule has 1 aliphatic rings. The molecule has 3 N–H and O–H groups in total. The fourth-order valence-electron chi connectivity index (χ4n) is 1.94. The molecular formula is C13H16N2O5S2. The highest BCUT2D eigenvalue weighted by Crippen LogP contribution is 2.37. The molecule has 22 heavy (non-hydrogen) atoms.